The van der Waals surface area contributed by atoms with Crippen molar-refractivity contribution >= 4 is 69.9 Å². The monoisotopic (exact) mass is 1970 g/mol. The molecule has 0 radical (unpaired) electrons. The lowest BCUT2D eigenvalue weighted by atomic mass is 9.90. The second-order valence-electron chi connectivity index (χ2n) is 40.5. The van der Waals surface area contributed by atoms with E-state index in [1.54, 1.807) is 91.1 Å². The van der Waals surface area contributed by atoms with Gasteiger partial charge in [0.05, 0.1) is 101 Å². The van der Waals surface area contributed by atoms with Gasteiger partial charge in [-0.3, -0.25) is 47.0 Å². The Morgan fingerprint density at radius 2 is 0.799 bits per heavy atom. The van der Waals surface area contributed by atoms with E-state index in [9.17, 15) is 41.8 Å². The second kappa shape index (κ2) is 40.4. The number of hydrogen-bond donors (Lipinski definition) is 3. The lowest BCUT2D eigenvalue weighted by Crippen LogP contribution is -2.42. The van der Waals surface area contributed by atoms with Gasteiger partial charge in [0, 0.05) is 292 Å². The molecule has 35 nitrogen and oxygen atoms in total. The van der Waals surface area contributed by atoms with Gasteiger partial charge in [0.2, 0.25) is 11.8 Å². The van der Waals surface area contributed by atoms with E-state index in [2.05, 4.69) is 111 Å². The molecule has 4 aromatic carbocycles. The zero-order chi connectivity index (χ0) is 99.0. The number of nitrogens with one attached hydrogen (secondary N) is 1. The minimum Gasteiger partial charge on any atom is -0.396 e. The highest BCUT2D eigenvalue weighted by atomic mass is 19.3. The maximum Gasteiger partial charge on any atom is 0.317 e. The number of aliphatic hydroxyl groups is 1. The summed E-state index contributed by atoms with van der Waals surface area (Å²) in [6, 6.07) is 21.3. The van der Waals surface area contributed by atoms with Crippen LogP contribution in [0.15, 0.2) is 110 Å². The van der Waals surface area contributed by atoms with Crippen LogP contribution in [0.25, 0.3) is 44.5 Å². The molecule has 13 aliphatic rings. The molecule has 8 aromatic heterocycles. The van der Waals surface area contributed by atoms with Crippen LogP contribution in [0.5, 0.6) is 0 Å². The van der Waals surface area contributed by atoms with Gasteiger partial charge in [-0.05, 0) is 183 Å². The normalized spacial score (nSPS) is 20.3. The molecule has 758 valence electrons. The Hall–Kier alpha value is -13.2. The van der Waals surface area contributed by atoms with Crippen LogP contribution in [-0.4, -0.2) is 246 Å². The summed E-state index contributed by atoms with van der Waals surface area (Å²) < 4.78 is 95.7. The van der Waals surface area contributed by atoms with Gasteiger partial charge in [-0.25, -0.2) is 27.2 Å². The van der Waals surface area contributed by atoms with Crippen LogP contribution >= 0.6 is 0 Å². The van der Waals surface area contributed by atoms with E-state index >= 15 is 0 Å². The van der Waals surface area contributed by atoms with Crippen molar-refractivity contribution in [2.75, 3.05) is 138 Å². The summed E-state index contributed by atoms with van der Waals surface area (Å²) in [6.45, 7) is 16.6. The number of nitrogens with two attached hydrogens (primary N) is 1. The number of amides is 6. The number of anilines is 8. The number of ether oxygens (including phenoxy) is 4. The molecule has 25 rings (SSSR count). The molecule has 39 heteroatoms. The predicted molar refractivity (Wildman–Crippen MR) is 532 cm³/mol. The van der Waals surface area contributed by atoms with Gasteiger partial charge in [0.25, 0.3) is 12.9 Å². The zero-order valence-electron chi connectivity index (χ0n) is 82.6. The smallest absolute Gasteiger partial charge is 0.317 e. The van der Waals surface area contributed by atoms with Crippen LogP contribution < -0.4 is 30.7 Å². The number of rotatable bonds is 16. The Bertz CT molecular complexity index is 6790. The summed E-state index contributed by atoms with van der Waals surface area (Å²) in [5, 5.41) is 50.7. The zero-order valence-corrected chi connectivity index (χ0v) is 82.6. The van der Waals surface area contributed by atoms with Crippen molar-refractivity contribution in [1.82, 2.24) is 103 Å². The molecule has 12 aliphatic heterocycles. The Morgan fingerprint density at radius 3 is 1.22 bits per heavy atom. The molecular weight excluding hydrogens is 1850 g/mol. The molecule has 0 bridgehead atoms. The first kappa shape index (κ1) is 95.6. The topological polar surface area (TPSA) is 332 Å². The van der Waals surface area contributed by atoms with E-state index in [1.807, 2.05) is 52.3 Å². The van der Waals surface area contributed by atoms with E-state index in [-0.39, 0.29) is 65.7 Å². The highest BCUT2D eigenvalue weighted by Gasteiger charge is 2.43. The Kier molecular flexibility index (Phi) is 26.8. The van der Waals surface area contributed by atoms with Crippen LogP contribution in [0.4, 0.5) is 73.2 Å². The minimum atomic E-state index is -2.64. The van der Waals surface area contributed by atoms with Gasteiger partial charge < -0.3 is 74.3 Å². The number of carbonyl (C=O) groups is 4. The van der Waals surface area contributed by atoms with Crippen molar-refractivity contribution in [1.29, 1.82) is 0 Å². The summed E-state index contributed by atoms with van der Waals surface area (Å²) >= 11 is 0. The molecule has 5 fully saturated rings. The Labute approximate surface area is 832 Å². The summed E-state index contributed by atoms with van der Waals surface area (Å²) in [4.78, 5) is 65.1. The molecule has 4 N–H and O–H groups in total. The summed E-state index contributed by atoms with van der Waals surface area (Å²) in [6.07, 6.45) is 25.9. The minimum absolute atomic E-state index is 0.0110. The van der Waals surface area contributed by atoms with Gasteiger partial charge in [-0.2, -0.15) is 40.8 Å². The molecule has 6 amide bonds. The molecular formula is C105H126F4N26O9. The van der Waals surface area contributed by atoms with Gasteiger partial charge >= 0.3 is 12.1 Å². The first-order chi connectivity index (χ1) is 70.0. The molecule has 144 heavy (non-hydrogen) atoms. The van der Waals surface area contributed by atoms with Crippen molar-refractivity contribution in [3.8, 4) is 44.5 Å². The number of alkyl halides is 4. The number of primary amides is 1. The largest absolute Gasteiger partial charge is 0.396 e. The standard InChI is InChI=1S/C27H32N6O2.2C26H31F2N7O2.C26H32N6O3/c1-18(34)30-11-8-26-24(16-30)27(29-33(26)23-9-12-35-17-23)31-10-2-3-20-13-19(4-7-25(20)31)21-14-28-32(15-21)22-5-6-22;1-29-26(36)33-8-5-22-21(14-33)25(31-35(22)18-6-9-37-15-18)34-7-3-4-16-10-19(17-12-30-32(2)13-17)20(24(27)28)11-23(16)34;1-32-14-17(13-30-32)19-11-16-3-2-7-34(23(16)12-20(19)24(27)28)25-21-15-33(26(29)36)8-4-22(21)35(31-25)18-5-9-37-10-6-18;1-17(34)30-7-5-25-23(14-30)26(28-32(25)22-6-8-35-16-22)31-12-18(15-33)9-20-10-19(3-4-24(20)31)21-11-27-29(2)13-21/h4,7,13-15,22-23H,2-3,5-6,8-12,16-17H2,1H3;10-13,18,24H,3-9,14-15H2,1-2H3,(H,29,36);11-14,18,24H,2-10,15H2,1H3,(H2,29,36);3-4,10-11,13,18,22,33H,5-9,12,14-16H2,1-2H3/t23-;18-;;18?,22-/m00.0/s1. The predicted octanol–water partition coefficient (Wildman–Crippen LogP) is 14.5. The van der Waals surface area contributed by atoms with Crippen LogP contribution in [0.2, 0.25) is 0 Å². The van der Waals surface area contributed by atoms with Gasteiger partial charge in [-0.15, -0.1) is 0 Å². The molecule has 4 atom stereocenters. The van der Waals surface area contributed by atoms with E-state index in [0.29, 0.717) is 140 Å². The fourth-order valence-electron chi connectivity index (χ4n) is 23.5. The molecule has 4 saturated heterocycles. The fraction of sp³-hybridized carbons (Fsp3) is 0.505. The molecule has 1 aliphatic carbocycles. The Balaban J connectivity index is 0.000000110. The van der Waals surface area contributed by atoms with Crippen molar-refractivity contribution < 1.29 is 60.8 Å². The van der Waals surface area contributed by atoms with Crippen molar-refractivity contribution in [3.63, 3.8) is 0 Å². The van der Waals surface area contributed by atoms with Crippen molar-refractivity contribution in [3.05, 3.63) is 189 Å². The highest BCUT2D eigenvalue weighted by Crippen LogP contribution is 2.50. The van der Waals surface area contributed by atoms with E-state index in [1.165, 1.54) is 57.7 Å². The third kappa shape index (κ3) is 18.8. The number of carbonyl (C=O) groups excluding carboxylic acids is 4. The maximum atomic E-state index is 14.3. The number of fused-ring (bicyclic) bond motifs is 8. The van der Waals surface area contributed by atoms with Gasteiger partial charge in [0.15, 0.2) is 23.3 Å². The van der Waals surface area contributed by atoms with E-state index < -0.39 is 18.9 Å². The Morgan fingerprint density at radius 1 is 0.417 bits per heavy atom. The summed E-state index contributed by atoms with van der Waals surface area (Å²) in [5.41, 5.74) is 30.1. The summed E-state index contributed by atoms with van der Waals surface area (Å²) in [7, 11) is 7.11. The van der Waals surface area contributed by atoms with E-state index in [0.717, 1.165) is 213 Å². The maximum absolute atomic E-state index is 14.3. The summed E-state index contributed by atoms with van der Waals surface area (Å²) in [5.74, 6) is 3.75. The first-order valence-electron chi connectivity index (χ1n) is 51.1. The highest BCUT2D eigenvalue weighted by molar-refractivity contribution is 5.83. The number of hydrogen-bond acceptors (Lipinski definition) is 21. The number of aromatic nitrogens is 16. The molecule has 20 heterocycles. The quantitative estimate of drug-likeness (QED) is 0.0757. The third-order valence-electron chi connectivity index (χ3n) is 31.2. The fourth-order valence-corrected chi connectivity index (χ4v) is 23.5. The number of halogens is 4. The average molecular weight is 1970 g/mol. The number of aryl methyl sites for hydroxylation is 6. The lowest BCUT2D eigenvalue weighted by molar-refractivity contribution is -0.130. The second-order valence-corrected chi connectivity index (χ2v) is 40.5. The van der Waals surface area contributed by atoms with Crippen LogP contribution in [0.1, 0.15) is 200 Å². The lowest BCUT2D eigenvalue weighted by Gasteiger charge is -2.36. The molecule has 0 spiro atoms. The number of urea groups is 2. The third-order valence-corrected chi connectivity index (χ3v) is 31.2. The van der Waals surface area contributed by atoms with E-state index in [4.69, 9.17) is 45.1 Å². The number of nitrogens with zero attached hydrogens (tertiary/aromatic N) is 24. The molecule has 1 unspecified atom stereocenters. The van der Waals surface area contributed by atoms with Gasteiger partial charge in [0.1, 0.15) is 0 Å². The van der Waals surface area contributed by atoms with Crippen LogP contribution in [-0.2, 0) is 127 Å². The van der Waals surface area contributed by atoms with Crippen LogP contribution in [0, 0.1) is 5.92 Å². The molecule has 1 saturated carbocycles. The van der Waals surface area contributed by atoms with Gasteiger partial charge in [-0.1, -0.05) is 12.1 Å². The average Bonchev–Trinajstić information content (AvgIpc) is 1.60. The van der Waals surface area contributed by atoms with Crippen molar-refractivity contribution in [2.24, 2.45) is 32.8 Å². The number of aliphatic hydroxyl groups excluding tert-OH is 1. The SMILES string of the molecule is CC(=O)N1CCc2c(c(N3CC(CO)Cc4cc(-c5cnn(C)c5)ccc43)nn2[C@H]2CCOC2)C1.CC(=O)N1CCc2c(c(N3CCCc4cc(-c5cnn(C6CC6)c5)ccc43)nn2[C@H]2CCOC2)C1.CNC(=O)N1CCc2c(c(N3CCCc4cc(-c5cnn(C)c5)c(C(F)F)cc43)nn2[C@H]2CCOC2)C1.Cn1cc(-c2cc3c(cc2C(F)F)N(c2nn(C4CCOCC4)c4c2CN(C(N)=O)CC4)CCC3)cn1. The van der Waals surface area contributed by atoms with Crippen molar-refractivity contribution in [2.45, 2.75) is 199 Å². The number of benzene rings is 4. The first-order valence-corrected chi connectivity index (χ1v) is 51.1. The molecule has 12 aromatic rings. The van der Waals surface area contributed by atoms with Crippen LogP contribution in [0.3, 0.4) is 0 Å².